The van der Waals surface area contributed by atoms with Gasteiger partial charge in [0.2, 0.25) is 0 Å². The maximum Gasteiger partial charge on any atom is 0.335 e. The lowest BCUT2D eigenvalue weighted by atomic mass is 10.1. The largest absolute Gasteiger partial charge is 0.478 e. The Kier molecular flexibility index (Phi) is 3.98. The number of benzene rings is 1. The van der Waals surface area contributed by atoms with Crippen LogP contribution >= 0.6 is 0 Å². The second-order valence-corrected chi connectivity index (χ2v) is 5.02. The average Bonchev–Trinajstić information content (AvgIpc) is 2.41. The zero-order valence-electron chi connectivity index (χ0n) is 11.4. The molecule has 0 bridgehead atoms. The molecule has 2 aromatic rings. The van der Waals surface area contributed by atoms with Gasteiger partial charge in [0.1, 0.15) is 0 Å². The minimum absolute atomic E-state index is 0.156. The van der Waals surface area contributed by atoms with Crippen molar-refractivity contribution in [2.45, 2.75) is 20.4 Å². The van der Waals surface area contributed by atoms with Crippen LogP contribution in [0.2, 0.25) is 0 Å². The minimum Gasteiger partial charge on any atom is -0.478 e. The van der Waals surface area contributed by atoms with E-state index in [-0.39, 0.29) is 11.1 Å². The molecule has 1 heterocycles. The van der Waals surface area contributed by atoms with Crippen molar-refractivity contribution in [1.82, 2.24) is 9.78 Å². The van der Waals surface area contributed by atoms with Crippen LogP contribution in [0, 0.1) is 5.92 Å². The second kappa shape index (κ2) is 5.69. The maximum absolute atomic E-state index is 11.7. The van der Waals surface area contributed by atoms with Gasteiger partial charge in [0.15, 0.2) is 0 Å². The van der Waals surface area contributed by atoms with E-state index in [9.17, 15) is 9.59 Å². The van der Waals surface area contributed by atoms with Gasteiger partial charge in [-0.05, 0) is 24.1 Å². The van der Waals surface area contributed by atoms with E-state index in [1.165, 1.54) is 16.8 Å². The fraction of sp³-hybridized carbons (Fsp3) is 0.267. The van der Waals surface area contributed by atoms with E-state index in [1.54, 1.807) is 24.3 Å². The van der Waals surface area contributed by atoms with Crippen LogP contribution in [0.4, 0.5) is 0 Å². The van der Waals surface area contributed by atoms with Gasteiger partial charge in [-0.1, -0.05) is 26.0 Å². The molecule has 0 saturated carbocycles. The Hall–Kier alpha value is -2.43. The van der Waals surface area contributed by atoms with Crippen LogP contribution in [0.15, 0.2) is 41.2 Å². The summed E-state index contributed by atoms with van der Waals surface area (Å²) >= 11 is 0. The normalized spacial score (nSPS) is 10.8. The standard InChI is InChI=1S/C15H16N2O3/c1-10(2)9-17-14(18)7-6-13(16-17)11-4-3-5-12(8-11)15(19)20/h3-8,10H,9H2,1-2H3,(H,19,20). The molecule has 0 aliphatic carbocycles. The summed E-state index contributed by atoms with van der Waals surface area (Å²) in [6.45, 7) is 4.54. The summed E-state index contributed by atoms with van der Waals surface area (Å²) < 4.78 is 1.41. The summed E-state index contributed by atoms with van der Waals surface area (Å²) in [6.07, 6.45) is 0. The molecular weight excluding hydrogens is 256 g/mol. The molecule has 20 heavy (non-hydrogen) atoms. The predicted molar refractivity (Wildman–Crippen MR) is 75.7 cm³/mol. The first-order valence-electron chi connectivity index (χ1n) is 6.39. The number of carboxylic acids is 1. The van der Waals surface area contributed by atoms with Crippen molar-refractivity contribution in [2.24, 2.45) is 5.92 Å². The first-order chi connectivity index (χ1) is 9.47. The van der Waals surface area contributed by atoms with Gasteiger partial charge in [-0.15, -0.1) is 0 Å². The van der Waals surface area contributed by atoms with Crippen LogP contribution < -0.4 is 5.56 Å². The van der Waals surface area contributed by atoms with Gasteiger partial charge in [0.25, 0.3) is 5.56 Å². The lowest BCUT2D eigenvalue weighted by Crippen LogP contribution is -2.24. The number of rotatable bonds is 4. The Morgan fingerprint density at radius 1 is 1.30 bits per heavy atom. The SMILES string of the molecule is CC(C)Cn1nc(-c2cccc(C(=O)O)c2)ccc1=O. The van der Waals surface area contributed by atoms with Gasteiger partial charge in [-0.2, -0.15) is 5.10 Å². The molecule has 1 aromatic heterocycles. The molecule has 104 valence electrons. The predicted octanol–water partition coefficient (Wildman–Crippen LogP) is 2.26. The number of carboxylic acid groups (broad SMARTS) is 1. The number of aromatic carboxylic acids is 1. The molecule has 5 heteroatoms. The van der Waals surface area contributed by atoms with E-state index in [2.05, 4.69) is 5.10 Å². The fourth-order valence-corrected chi connectivity index (χ4v) is 1.89. The molecule has 0 amide bonds. The quantitative estimate of drug-likeness (QED) is 0.926. The van der Waals surface area contributed by atoms with Crippen molar-refractivity contribution in [3.8, 4) is 11.3 Å². The van der Waals surface area contributed by atoms with Crippen molar-refractivity contribution in [1.29, 1.82) is 0 Å². The van der Waals surface area contributed by atoms with E-state index in [0.717, 1.165) is 0 Å². The molecule has 0 atom stereocenters. The molecule has 0 unspecified atom stereocenters. The van der Waals surface area contributed by atoms with E-state index < -0.39 is 5.97 Å². The van der Waals surface area contributed by atoms with E-state index >= 15 is 0 Å². The molecule has 0 aliphatic rings. The summed E-state index contributed by atoms with van der Waals surface area (Å²) in [4.78, 5) is 22.7. The first-order valence-corrected chi connectivity index (χ1v) is 6.39. The van der Waals surface area contributed by atoms with Crippen molar-refractivity contribution in [3.05, 3.63) is 52.3 Å². The molecular formula is C15H16N2O3. The second-order valence-electron chi connectivity index (χ2n) is 5.02. The molecule has 0 spiro atoms. The van der Waals surface area contributed by atoms with Crippen LogP contribution in [-0.2, 0) is 6.54 Å². The molecule has 1 N–H and O–H groups in total. The molecule has 0 aliphatic heterocycles. The zero-order chi connectivity index (χ0) is 14.7. The number of carbonyl (C=O) groups is 1. The van der Waals surface area contributed by atoms with Crippen LogP contribution in [0.5, 0.6) is 0 Å². The number of hydrogen-bond donors (Lipinski definition) is 1. The Morgan fingerprint density at radius 3 is 2.70 bits per heavy atom. The maximum atomic E-state index is 11.7. The molecule has 5 nitrogen and oxygen atoms in total. The molecule has 2 rings (SSSR count). The third-order valence-electron chi connectivity index (χ3n) is 2.81. The van der Waals surface area contributed by atoms with Gasteiger partial charge in [0, 0.05) is 18.2 Å². The van der Waals surface area contributed by atoms with Gasteiger partial charge in [0.05, 0.1) is 11.3 Å². The van der Waals surface area contributed by atoms with Gasteiger partial charge >= 0.3 is 5.97 Å². The summed E-state index contributed by atoms with van der Waals surface area (Å²) in [5.74, 6) is -0.678. The number of nitrogens with zero attached hydrogens (tertiary/aromatic N) is 2. The van der Waals surface area contributed by atoms with E-state index in [4.69, 9.17) is 5.11 Å². The van der Waals surface area contributed by atoms with Crippen LogP contribution in [0.25, 0.3) is 11.3 Å². The van der Waals surface area contributed by atoms with Gasteiger partial charge in [-0.25, -0.2) is 9.48 Å². The first kappa shape index (κ1) is 14.0. The highest BCUT2D eigenvalue weighted by Crippen LogP contribution is 2.17. The summed E-state index contributed by atoms with van der Waals surface area (Å²) in [5, 5.41) is 13.3. The Balaban J connectivity index is 2.45. The molecule has 0 saturated heterocycles. The highest BCUT2D eigenvalue weighted by molar-refractivity contribution is 5.89. The zero-order valence-corrected chi connectivity index (χ0v) is 11.4. The van der Waals surface area contributed by atoms with Gasteiger partial charge in [-0.3, -0.25) is 4.79 Å². The molecule has 0 radical (unpaired) electrons. The summed E-state index contributed by atoms with van der Waals surface area (Å²) in [5.41, 5.74) is 1.32. The van der Waals surface area contributed by atoms with Gasteiger partial charge < -0.3 is 5.11 Å². The summed E-state index contributed by atoms with van der Waals surface area (Å²) in [7, 11) is 0. The third-order valence-corrected chi connectivity index (χ3v) is 2.81. The highest BCUT2D eigenvalue weighted by atomic mass is 16.4. The molecule has 0 fully saturated rings. The van der Waals surface area contributed by atoms with Crippen LogP contribution in [-0.4, -0.2) is 20.9 Å². The monoisotopic (exact) mass is 272 g/mol. The van der Waals surface area contributed by atoms with Crippen molar-refractivity contribution >= 4 is 5.97 Å². The number of aromatic nitrogens is 2. The smallest absolute Gasteiger partial charge is 0.335 e. The fourth-order valence-electron chi connectivity index (χ4n) is 1.89. The Morgan fingerprint density at radius 2 is 2.05 bits per heavy atom. The van der Waals surface area contributed by atoms with Crippen molar-refractivity contribution < 1.29 is 9.90 Å². The highest BCUT2D eigenvalue weighted by Gasteiger charge is 2.08. The average molecular weight is 272 g/mol. The summed E-state index contributed by atoms with van der Waals surface area (Å²) in [6, 6.07) is 9.58. The lowest BCUT2D eigenvalue weighted by molar-refractivity contribution is 0.0697. The Bertz CT molecular complexity index is 690. The molecule has 1 aromatic carbocycles. The third kappa shape index (κ3) is 3.12. The minimum atomic E-state index is -0.984. The number of hydrogen-bond acceptors (Lipinski definition) is 3. The topological polar surface area (TPSA) is 72.2 Å². The van der Waals surface area contributed by atoms with Crippen LogP contribution in [0.3, 0.4) is 0 Å². The van der Waals surface area contributed by atoms with E-state index in [0.29, 0.717) is 23.7 Å². The van der Waals surface area contributed by atoms with Crippen molar-refractivity contribution in [2.75, 3.05) is 0 Å². The van der Waals surface area contributed by atoms with Crippen molar-refractivity contribution in [3.63, 3.8) is 0 Å². The lowest BCUT2D eigenvalue weighted by Gasteiger charge is -2.09. The Labute approximate surface area is 116 Å². The van der Waals surface area contributed by atoms with E-state index in [1.807, 2.05) is 13.8 Å². The van der Waals surface area contributed by atoms with Crippen LogP contribution in [0.1, 0.15) is 24.2 Å².